The zero-order chi connectivity index (χ0) is 13.7. The highest BCUT2D eigenvalue weighted by Crippen LogP contribution is 2.65. The molecule has 1 aromatic rings. The SMILES string of the molecule is CC1(C)C2CCC1(C)C(NCc1ccccc1F)C2. The van der Waals surface area contributed by atoms with Crippen LogP contribution >= 0.6 is 0 Å². The lowest BCUT2D eigenvalue weighted by molar-refractivity contribution is 0.120. The molecule has 2 bridgehead atoms. The molecule has 0 saturated heterocycles. The molecule has 0 amide bonds. The van der Waals surface area contributed by atoms with Gasteiger partial charge in [0.25, 0.3) is 0 Å². The number of halogens is 1. The molecule has 0 aromatic heterocycles. The van der Waals surface area contributed by atoms with Crippen LogP contribution in [0.5, 0.6) is 0 Å². The molecule has 1 aromatic carbocycles. The lowest BCUT2D eigenvalue weighted by Crippen LogP contribution is -2.44. The molecule has 1 N–H and O–H groups in total. The quantitative estimate of drug-likeness (QED) is 0.862. The molecular formula is C17H24FN. The van der Waals surface area contributed by atoms with Crippen molar-refractivity contribution in [3.8, 4) is 0 Å². The smallest absolute Gasteiger partial charge is 0.127 e. The Kier molecular flexibility index (Phi) is 2.97. The predicted molar refractivity (Wildman–Crippen MR) is 76.3 cm³/mol. The van der Waals surface area contributed by atoms with E-state index in [2.05, 4.69) is 26.1 Å². The Morgan fingerprint density at radius 1 is 1.26 bits per heavy atom. The van der Waals surface area contributed by atoms with Crippen LogP contribution in [0.1, 0.15) is 45.6 Å². The molecule has 3 unspecified atom stereocenters. The van der Waals surface area contributed by atoms with E-state index in [0.717, 1.165) is 11.5 Å². The van der Waals surface area contributed by atoms with Gasteiger partial charge in [0.1, 0.15) is 5.82 Å². The molecule has 0 spiro atoms. The Morgan fingerprint density at radius 2 is 2.00 bits per heavy atom. The average Bonchev–Trinajstić information content (AvgIpc) is 2.70. The molecule has 0 radical (unpaired) electrons. The lowest BCUT2D eigenvalue weighted by Gasteiger charge is -2.39. The standard InChI is InChI=1S/C17H24FN/c1-16(2)13-8-9-17(16,3)15(10-13)19-11-12-6-4-5-7-14(12)18/h4-7,13,15,19H,8-11H2,1-3H3. The summed E-state index contributed by atoms with van der Waals surface area (Å²) in [5, 5.41) is 3.63. The van der Waals surface area contributed by atoms with Gasteiger partial charge in [0.05, 0.1) is 0 Å². The van der Waals surface area contributed by atoms with Crippen LogP contribution in [0.3, 0.4) is 0 Å². The fraction of sp³-hybridized carbons (Fsp3) is 0.647. The highest BCUT2D eigenvalue weighted by molar-refractivity contribution is 5.18. The van der Waals surface area contributed by atoms with E-state index in [1.54, 1.807) is 12.1 Å². The molecule has 19 heavy (non-hydrogen) atoms. The van der Waals surface area contributed by atoms with E-state index in [9.17, 15) is 4.39 Å². The largest absolute Gasteiger partial charge is 0.309 e. The van der Waals surface area contributed by atoms with Gasteiger partial charge in [-0.3, -0.25) is 0 Å². The number of rotatable bonds is 3. The van der Waals surface area contributed by atoms with Gasteiger partial charge in [0, 0.05) is 18.2 Å². The minimum Gasteiger partial charge on any atom is -0.309 e. The Hall–Kier alpha value is -0.890. The van der Waals surface area contributed by atoms with Gasteiger partial charge in [-0.2, -0.15) is 0 Å². The van der Waals surface area contributed by atoms with E-state index < -0.39 is 0 Å². The van der Waals surface area contributed by atoms with Gasteiger partial charge in [0.15, 0.2) is 0 Å². The van der Waals surface area contributed by atoms with Crippen LogP contribution in [0.2, 0.25) is 0 Å². The van der Waals surface area contributed by atoms with Crippen molar-refractivity contribution in [1.29, 1.82) is 0 Å². The van der Waals surface area contributed by atoms with Gasteiger partial charge in [0.2, 0.25) is 0 Å². The van der Waals surface area contributed by atoms with E-state index in [1.165, 1.54) is 19.3 Å². The maximum Gasteiger partial charge on any atom is 0.127 e. The van der Waals surface area contributed by atoms with Crippen LogP contribution in [0.15, 0.2) is 24.3 Å². The molecule has 0 aliphatic heterocycles. The molecule has 2 aliphatic rings. The maximum atomic E-state index is 13.7. The molecule has 104 valence electrons. The Morgan fingerprint density at radius 3 is 2.58 bits per heavy atom. The first-order valence-electron chi connectivity index (χ1n) is 7.42. The van der Waals surface area contributed by atoms with E-state index in [0.29, 0.717) is 23.4 Å². The second-order valence-electron chi connectivity index (χ2n) is 7.14. The van der Waals surface area contributed by atoms with Crippen molar-refractivity contribution in [2.24, 2.45) is 16.7 Å². The van der Waals surface area contributed by atoms with Crippen molar-refractivity contribution in [3.63, 3.8) is 0 Å². The van der Waals surface area contributed by atoms with Gasteiger partial charge in [-0.05, 0) is 42.1 Å². The third-order valence-corrected chi connectivity index (χ3v) is 6.29. The molecular weight excluding hydrogens is 237 g/mol. The zero-order valence-corrected chi connectivity index (χ0v) is 12.2. The molecule has 3 rings (SSSR count). The van der Waals surface area contributed by atoms with Gasteiger partial charge in [-0.25, -0.2) is 4.39 Å². The minimum atomic E-state index is -0.0948. The second kappa shape index (κ2) is 4.31. The van der Waals surface area contributed by atoms with Crippen molar-refractivity contribution in [2.45, 2.75) is 52.6 Å². The lowest BCUT2D eigenvalue weighted by atomic mass is 9.69. The van der Waals surface area contributed by atoms with Crippen molar-refractivity contribution in [1.82, 2.24) is 5.32 Å². The van der Waals surface area contributed by atoms with Gasteiger partial charge in [-0.1, -0.05) is 39.0 Å². The molecule has 0 heterocycles. The van der Waals surface area contributed by atoms with Gasteiger partial charge in [-0.15, -0.1) is 0 Å². The molecule has 2 fully saturated rings. The summed E-state index contributed by atoms with van der Waals surface area (Å²) in [6.45, 7) is 7.89. The highest BCUT2D eigenvalue weighted by Gasteiger charge is 2.60. The highest BCUT2D eigenvalue weighted by atomic mass is 19.1. The summed E-state index contributed by atoms with van der Waals surface area (Å²) in [5.74, 6) is 0.734. The summed E-state index contributed by atoms with van der Waals surface area (Å²) >= 11 is 0. The summed E-state index contributed by atoms with van der Waals surface area (Å²) < 4.78 is 13.7. The number of hydrogen-bond acceptors (Lipinski definition) is 1. The van der Waals surface area contributed by atoms with E-state index in [-0.39, 0.29) is 5.82 Å². The van der Waals surface area contributed by atoms with Crippen LogP contribution in [0.4, 0.5) is 4.39 Å². The fourth-order valence-electron chi connectivity index (χ4n) is 4.39. The fourth-order valence-corrected chi connectivity index (χ4v) is 4.39. The predicted octanol–water partition coefficient (Wildman–Crippen LogP) is 4.13. The van der Waals surface area contributed by atoms with Gasteiger partial charge >= 0.3 is 0 Å². The van der Waals surface area contributed by atoms with E-state index in [4.69, 9.17) is 0 Å². The number of fused-ring (bicyclic) bond motifs is 2. The summed E-state index contributed by atoms with van der Waals surface area (Å²) in [5.41, 5.74) is 1.56. The van der Waals surface area contributed by atoms with Crippen molar-refractivity contribution in [2.75, 3.05) is 0 Å². The molecule has 1 nitrogen and oxygen atoms in total. The van der Waals surface area contributed by atoms with Crippen LogP contribution in [0, 0.1) is 22.6 Å². The van der Waals surface area contributed by atoms with Crippen molar-refractivity contribution >= 4 is 0 Å². The average molecular weight is 261 g/mol. The first kappa shape index (κ1) is 13.1. The van der Waals surface area contributed by atoms with Crippen LogP contribution in [-0.4, -0.2) is 6.04 Å². The molecule has 2 aliphatic carbocycles. The van der Waals surface area contributed by atoms with Crippen LogP contribution in [-0.2, 0) is 6.54 Å². The number of nitrogens with one attached hydrogen (secondary N) is 1. The first-order valence-corrected chi connectivity index (χ1v) is 7.42. The van der Waals surface area contributed by atoms with Crippen LogP contribution < -0.4 is 5.32 Å². The Bertz CT molecular complexity index is 482. The summed E-state index contributed by atoms with van der Waals surface area (Å²) in [6.07, 6.45) is 3.92. The van der Waals surface area contributed by atoms with Crippen LogP contribution in [0.25, 0.3) is 0 Å². The third-order valence-electron chi connectivity index (χ3n) is 6.29. The zero-order valence-electron chi connectivity index (χ0n) is 12.2. The summed E-state index contributed by atoms with van der Waals surface area (Å²) in [4.78, 5) is 0. The summed E-state index contributed by atoms with van der Waals surface area (Å²) in [6, 6.07) is 7.61. The topological polar surface area (TPSA) is 12.0 Å². The molecule has 3 atom stereocenters. The monoisotopic (exact) mass is 261 g/mol. The normalized spacial score (nSPS) is 35.8. The van der Waals surface area contributed by atoms with Gasteiger partial charge < -0.3 is 5.32 Å². The van der Waals surface area contributed by atoms with Crippen molar-refractivity contribution in [3.05, 3.63) is 35.6 Å². The number of hydrogen-bond donors (Lipinski definition) is 1. The third kappa shape index (κ3) is 1.84. The summed E-state index contributed by atoms with van der Waals surface area (Å²) in [7, 11) is 0. The Balaban J connectivity index is 1.71. The van der Waals surface area contributed by atoms with Crippen molar-refractivity contribution < 1.29 is 4.39 Å². The molecule has 2 heteroatoms. The Labute approximate surface area is 115 Å². The van der Waals surface area contributed by atoms with E-state index >= 15 is 0 Å². The number of benzene rings is 1. The second-order valence-corrected chi connectivity index (χ2v) is 7.14. The molecule has 2 saturated carbocycles. The maximum absolute atomic E-state index is 13.7. The first-order chi connectivity index (χ1) is 8.95. The minimum absolute atomic E-state index is 0.0948. The van der Waals surface area contributed by atoms with E-state index in [1.807, 2.05) is 12.1 Å².